The highest BCUT2D eigenvalue weighted by Gasteiger charge is 2.39. The number of rotatable bonds is 2. The molecule has 2 aromatic rings. The first-order valence-corrected chi connectivity index (χ1v) is 5.97. The van der Waals surface area contributed by atoms with Crippen molar-refractivity contribution in [2.45, 2.75) is 31.7 Å². The molecular weight excluding hydrogens is 212 g/mol. The zero-order chi connectivity index (χ0) is 11.9. The van der Waals surface area contributed by atoms with Gasteiger partial charge >= 0.3 is 0 Å². The van der Waals surface area contributed by atoms with Gasteiger partial charge in [-0.3, -0.25) is 4.57 Å². The van der Waals surface area contributed by atoms with Crippen LogP contribution in [0.1, 0.15) is 30.9 Å². The summed E-state index contributed by atoms with van der Waals surface area (Å²) in [5.41, 5.74) is 7.16. The van der Waals surface area contributed by atoms with Gasteiger partial charge < -0.3 is 5.73 Å². The Morgan fingerprint density at radius 1 is 1.18 bits per heavy atom. The van der Waals surface area contributed by atoms with Gasteiger partial charge in [-0.1, -0.05) is 18.2 Å². The van der Waals surface area contributed by atoms with Gasteiger partial charge in [0.1, 0.15) is 5.82 Å². The smallest absolute Gasteiger partial charge is 0.157 e. The molecule has 1 saturated carbocycles. The van der Waals surface area contributed by atoms with Crippen molar-refractivity contribution in [1.29, 1.82) is 0 Å². The molecule has 0 bridgehead atoms. The van der Waals surface area contributed by atoms with Gasteiger partial charge in [0.15, 0.2) is 5.82 Å². The minimum absolute atomic E-state index is 0.281. The maximum absolute atomic E-state index is 6.35. The first kappa shape index (κ1) is 10.5. The van der Waals surface area contributed by atoms with E-state index in [0.717, 1.165) is 30.2 Å². The van der Waals surface area contributed by atoms with Crippen molar-refractivity contribution in [3.05, 3.63) is 42.0 Å². The lowest BCUT2D eigenvalue weighted by molar-refractivity contribution is 0.234. The standard InChI is InChI=1S/C13H16N4/c1-10-15-16-12(13(14)8-5-9-13)17(10)11-6-3-2-4-7-11/h2-4,6-7H,5,8-9,14H2,1H3. The van der Waals surface area contributed by atoms with Gasteiger partial charge in [0.05, 0.1) is 5.54 Å². The van der Waals surface area contributed by atoms with Crippen LogP contribution < -0.4 is 5.73 Å². The van der Waals surface area contributed by atoms with Crippen molar-refractivity contribution in [2.75, 3.05) is 0 Å². The third-order valence-corrected chi connectivity index (χ3v) is 3.53. The van der Waals surface area contributed by atoms with Gasteiger partial charge in [-0.05, 0) is 38.3 Å². The molecule has 0 radical (unpaired) electrons. The second-order valence-electron chi connectivity index (χ2n) is 4.75. The summed E-state index contributed by atoms with van der Waals surface area (Å²) in [5, 5.41) is 8.45. The molecule has 0 atom stereocenters. The Labute approximate surface area is 100 Å². The number of nitrogens with two attached hydrogens (primary N) is 1. The Kier molecular flexibility index (Phi) is 2.26. The predicted molar refractivity (Wildman–Crippen MR) is 65.8 cm³/mol. The SMILES string of the molecule is Cc1nnc(C2(N)CCC2)n1-c1ccccc1. The molecule has 0 saturated heterocycles. The summed E-state index contributed by atoms with van der Waals surface area (Å²) in [4.78, 5) is 0. The average Bonchev–Trinajstić information content (AvgIpc) is 2.69. The largest absolute Gasteiger partial charge is 0.319 e. The molecule has 3 rings (SSSR count). The number of hydrogen-bond acceptors (Lipinski definition) is 3. The monoisotopic (exact) mass is 228 g/mol. The van der Waals surface area contributed by atoms with Crippen LogP contribution in [0.25, 0.3) is 5.69 Å². The van der Waals surface area contributed by atoms with Crippen molar-refractivity contribution in [1.82, 2.24) is 14.8 Å². The van der Waals surface area contributed by atoms with Crippen LogP contribution in [0.2, 0.25) is 0 Å². The topological polar surface area (TPSA) is 56.7 Å². The van der Waals surface area contributed by atoms with E-state index < -0.39 is 0 Å². The quantitative estimate of drug-likeness (QED) is 0.854. The summed E-state index contributed by atoms with van der Waals surface area (Å²) >= 11 is 0. The van der Waals surface area contributed by atoms with Crippen LogP contribution in [0.3, 0.4) is 0 Å². The summed E-state index contributed by atoms with van der Waals surface area (Å²) in [6.07, 6.45) is 3.17. The van der Waals surface area contributed by atoms with Gasteiger partial charge in [-0.15, -0.1) is 10.2 Å². The fourth-order valence-corrected chi connectivity index (χ4v) is 2.35. The first-order valence-electron chi connectivity index (χ1n) is 5.97. The summed E-state index contributed by atoms with van der Waals surface area (Å²) in [6, 6.07) is 10.2. The minimum Gasteiger partial charge on any atom is -0.319 e. The molecular formula is C13H16N4. The molecule has 4 nitrogen and oxygen atoms in total. The highest BCUT2D eigenvalue weighted by molar-refractivity contribution is 5.35. The van der Waals surface area contributed by atoms with E-state index in [1.54, 1.807) is 0 Å². The summed E-state index contributed by atoms with van der Waals surface area (Å²) < 4.78 is 2.07. The van der Waals surface area contributed by atoms with Crippen molar-refractivity contribution >= 4 is 0 Å². The van der Waals surface area contributed by atoms with E-state index in [2.05, 4.69) is 26.9 Å². The summed E-state index contributed by atoms with van der Waals surface area (Å²) in [5.74, 6) is 1.79. The average molecular weight is 228 g/mol. The molecule has 1 fully saturated rings. The Balaban J connectivity index is 2.13. The van der Waals surface area contributed by atoms with Crippen LogP contribution in [-0.4, -0.2) is 14.8 Å². The number of para-hydroxylation sites is 1. The zero-order valence-corrected chi connectivity index (χ0v) is 9.93. The Bertz CT molecular complexity index is 526. The molecule has 1 aromatic carbocycles. The van der Waals surface area contributed by atoms with E-state index in [9.17, 15) is 0 Å². The van der Waals surface area contributed by atoms with Crippen LogP contribution in [0.4, 0.5) is 0 Å². The van der Waals surface area contributed by atoms with Gasteiger partial charge in [0, 0.05) is 5.69 Å². The maximum atomic E-state index is 6.35. The second-order valence-corrected chi connectivity index (χ2v) is 4.75. The fourth-order valence-electron chi connectivity index (χ4n) is 2.35. The summed E-state index contributed by atoms with van der Waals surface area (Å²) in [7, 11) is 0. The van der Waals surface area contributed by atoms with Gasteiger partial charge in [-0.2, -0.15) is 0 Å². The first-order chi connectivity index (χ1) is 8.21. The number of benzene rings is 1. The van der Waals surface area contributed by atoms with E-state index in [1.165, 1.54) is 6.42 Å². The third kappa shape index (κ3) is 1.56. The number of nitrogens with zero attached hydrogens (tertiary/aromatic N) is 3. The molecule has 0 spiro atoms. The van der Waals surface area contributed by atoms with E-state index in [0.29, 0.717) is 0 Å². The Morgan fingerprint density at radius 2 is 1.88 bits per heavy atom. The second kappa shape index (κ2) is 3.67. The molecule has 4 heteroatoms. The molecule has 17 heavy (non-hydrogen) atoms. The van der Waals surface area contributed by atoms with E-state index in [1.807, 2.05) is 25.1 Å². The number of aromatic nitrogens is 3. The van der Waals surface area contributed by atoms with Crippen molar-refractivity contribution in [3.8, 4) is 5.69 Å². The Morgan fingerprint density at radius 3 is 2.47 bits per heavy atom. The van der Waals surface area contributed by atoms with Gasteiger partial charge in [0.2, 0.25) is 0 Å². The molecule has 88 valence electrons. The van der Waals surface area contributed by atoms with Crippen LogP contribution >= 0.6 is 0 Å². The van der Waals surface area contributed by atoms with E-state index in [-0.39, 0.29) is 5.54 Å². The van der Waals surface area contributed by atoms with Crippen molar-refractivity contribution < 1.29 is 0 Å². The molecule has 0 unspecified atom stereocenters. The number of hydrogen-bond donors (Lipinski definition) is 1. The molecule has 1 aliphatic rings. The van der Waals surface area contributed by atoms with Crippen molar-refractivity contribution in [3.63, 3.8) is 0 Å². The van der Waals surface area contributed by atoms with E-state index >= 15 is 0 Å². The Hall–Kier alpha value is -1.68. The lowest BCUT2D eigenvalue weighted by Gasteiger charge is -2.37. The van der Waals surface area contributed by atoms with Crippen LogP contribution in [0.15, 0.2) is 30.3 Å². The fraction of sp³-hybridized carbons (Fsp3) is 0.385. The van der Waals surface area contributed by atoms with Crippen molar-refractivity contribution in [2.24, 2.45) is 5.73 Å². The van der Waals surface area contributed by atoms with Crippen LogP contribution in [0.5, 0.6) is 0 Å². The number of aryl methyl sites for hydroxylation is 1. The molecule has 0 amide bonds. The zero-order valence-electron chi connectivity index (χ0n) is 9.93. The van der Waals surface area contributed by atoms with Gasteiger partial charge in [0.25, 0.3) is 0 Å². The van der Waals surface area contributed by atoms with E-state index in [4.69, 9.17) is 5.73 Å². The highest BCUT2D eigenvalue weighted by atomic mass is 15.3. The molecule has 0 aliphatic heterocycles. The van der Waals surface area contributed by atoms with Crippen LogP contribution in [-0.2, 0) is 5.54 Å². The lowest BCUT2D eigenvalue weighted by atomic mass is 9.77. The predicted octanol–water partition coefficient (Wildman–Crippen LogP) is 1.91. The highest BCUT2D eigenvalue weighted by Crippen LogP contribution is 2.38. The third-order valence-electron chi connectivity index (χ3n) is 3.53. The minimum atomic E-state index is -0.281. The molecule has 1 heterocycles. The molecule has 2 N–H and O–H groups in total. The van der Waals surface area contributed by atoms with Crippen LogP contribution in [0, 0.1) is 6.92 Å². The summed E-state index contributed by atoms with van der Waals surface area (Å²) in [6.45, 7) is 1.96. The lowest BCUT2D eigenvalue weighted by Crippen LogP contribution is -2.45. The molecule has 1 aromatic heterocycles. The molecule has 1 aliphatic carbocycles. The van der Waals surface area contributed by atoms with Gasteiger partial charge in [-0.25, -0.2) is 0 Å². The normalized spacial score (nSPS) is 17.8. The maximum Gasteiger partial charge on any atom is 0.157 e.